The first kappa shape index (κ1) is 13.1. The van der Waals surface area contributed by atoms with Gasteiger partial charge in [-0.05, 0) is 26.0 Å². The van der Waals surface area contributed by atoms with E-state index in [9.17, 15) is 9.59 Å². The molecule has 0 bridgehead atoms. The summed E-state index contributed by atoms with van der Waals surface area (Å²) in [4.78, 5) is 23.1. The zero-order valence-corrected chi connectivity index (χ0v) is 11.3. The summed E-state index contributed by atoms with van der Waals surface area (Å²) in [5.74, 6) is 0.0826. The molecule has 0 heterocycles. The van der Waals surface area contributed by atoms with Crippen molar-refractivity contribution in [1.29, 1.82) is 0 Å². The molecule has 0 atom stereocenters. The lowest BCUT2D eigenvalue weighted by atomic mass is 10.00. The van der Waals surface area contributed by atoms with Gasteiger partial charge in [0.05, 0.1) is 16.7 Å². The molecule has 0 aromatic heterocycles. The average Bonchev–Trinajstić information content (AvgIpc) is 2.30. The Morgan fingerprint density at radius 2 is 1.78 bits per heavy atom. The van der Waals surface area contributed by atoms with E-state index in [-0.39, 0.29) is 17.4 Å². The predicted molar refractivity (Wildman–Crippen MR) is 72.6 cm³/mol. The number of hydrogen-bond donors (Lipinski definition) is 0. The molecule has 0 aliphatic carbocycles. The van der Waals surface area contributed by atoms with E-state index in [4.69, 9.17) is 27.9 Å². The third-order valence-electron chi connectivity index (χ3n) is 2.42. The van der Waals surface area contributed by atoms with Gasteiger partial charge in [0.2, 0.25) is 5.43 Å². The van der Waals surface area contributed by atoms with Crippen molar-refractivity contribution >= 4 is 23.2 Å². The maximum Gasteiger partial charge on any atom is 0.268 e. The minimum Gasteiger partial charge on any atom is -0.486 e. The highest BCUT2D eigenvalue weighted by atomic mass is 35.5. The molecule has 5 heteroatoms. The van der Waals surface area contributed by atoms with Gasteiger partial charge in [0.15, 0.2) is 5.75 Å². The summed E-state index contributed by atoms with van der Waals surface area (Å²) < 4.78 is 5.34. The van der Waals surface area contributed by atoms with E-state index in [2.05, 4.69) is 0 Å². The van der Waals surface area contributed by atoms with Gasteiger partial charge in [-0.3, -0.25) is 9.59 Å². The molecule has 18 heavy (non-hydrogen) atoms. The van der Waals surface area contributed by atoms with Crippen molar-refractivity contribution in [2.75, 3.05) is 0 Å². The lowest BCUT2D eigenvalue weighted by molar-refractivity contribution is 0.238. The molecular weight excluding hydrogens is 275 g/mol. The van der Waals surface area contributed by atoms with Gasteiger partial charge in [-0.1, -0.05) is 29.3 Å². The smallest absolute Gasteiger partial charge is 0.268 e. The molecule has 2 aromatic rings. The molecule has 0 N–H and O–H groups in total. The van der Waals surface area contributed by atoms with E-state index in [0.29, 0.717) is 15.6 Å². The van der Waals surface area contributed by atoms with E-state index >= 15 is 0 Å². The topological polar surface area (TPSA) is 43.4 Å². The molecule has 3 nitrogen and oxygen atoms in total. The first-order valence-corrected chi connectivity index (χ1v) is 6.12. The van der Waals surface area contributed by atoms with Gasteiger partial charge in [0.1, 0.15) is 0 Å². The van der Waals surface area contributed by atoms with Gasteiger partial charge in [-0.2, -0.15) is 0 Å². The van der Waals surface area contributed by atoms with E-state index in [1.54, 1.807) is 26.0 Å². The summed E-state index contributed by atoms with van der Waals surface area (Å²) in [6.45, 7) is 3.56. The molecule has 0 saturated carbocycles. The van der Waals surface area contributed by atoms with Crippen LogP contribution in [0.3, 0.4) is 0 Å². The Morgan fingerprint density at radius 3 is 2.33 bits per heavy atom. The summed E-state index contributed by atoms with van der Waals surface area (Å²) >= 11 is 11.8. The zero-order chi connectivity index (χ0) is 13.4. The van der Waals surface area contributed by atoms with Gasteiger partial charge in [0, 0.05) is 10.6 Å². The Kier molecular flexibility index (Phi) is 3.46. The average molecular weight is 285 g/mol. The number of ether oxygens (including phenoxy) is 1. The fraction of sp³-hybridized carbons (Fsp3) is 0.231. The fourth-order valence-electron chi connectivity index (χ4n) is 1.66. The molecule has 0 fully saturated rings. The molecule has 94 valence electrons. The highest BCUT2D eigenvalue weighted by Crippen LogP contribution is 2.33. The third kappa shape index (κ3) is 2.16. The van der Waals surface area contributed by atoms with Gasteiger partial charge in [0.25, 0.3) is 5.43 Å². The monoisotopic (exact) mass is 284 g/mol. The van der Waals surface area contributed by atoms with Crippen LogP contribution in [0.1, 0.15) is 13.8 Å². The van der Waals surface area contributed by atoms with Crippen molar-refractivity contribution in [3.8, 4) is 16.9 Å². The second kappa shape index (κ2) is 4.75. The SMILES string of the molecule is CC(C)Oc1c(-c2ccc(Cl)cc2Cl)c(=O)c1=O. The second-order valence-electron chi connectivity index (χ2n) is 4.15. The lowest BCUT2D eigenvalue weighted by Crippen LogP contribution is -2.35. The number of halogens is 2. The highest BCUT2D eigenvalue weighted by molar-refractivity contribution is 6.36. The van der Waals surface area contributed by atoms with Gasteiger partial charge < -0.3 is 4.74 Å². The maximum atomic E-state index is 11.6. The standard InChI is InChI=1S/C13H10Cl2O3/c1-6(2)18-13-10(11(16)12(13)17)8-4-3-7(14)5-9(8)15/h3-6H,1-2H3. The fourth-order valence-corrected chi connectivity index (χ4v) is 2.16. The Balaban J connectivity index is 2.55. The summed E-state index contributed by atoms with van der Waals surface area (Å²) in [5.41, 5.74) is -0.476. The molecule has 0 spiro atoms. The minimum absolute atomic E-state index is 0.0826. The van der Waals surface area contributed by atoms with Crippen LogP contribution in [0.2, 0.25) is 10.0 Å². The van der Waals surface area contributed by atoms with Crippen LogP contribution in [-0.4, -0.2) is 6.10 Å². The summed E-state index contributed by atoms with van der Waals surface area (Å²) in [7, 11) is 0. The lowest BCUT2D eigenvalue weighted by Gasteiger charge is -2.15. The highest BCUT2D eigenvalue weighted by Gasteiger charge is 2.26. The second-order valence-corrected chi connectivity index (χ2v) is 5.00. The zero-order valence-electron chi connectivity index (χ0n) is 9.79. The Labute approximate surface area is 114 Å². The first-order valence-electron chi connectivity index (χ1n) is 5.37. The van der Waals surface area contributed by atoms with Crippen LogP contribution < -0.4 is 15.6 Å². The Morgan fingerprint density at radius 1 is 1.11 bits per heavy atom. The van der Waals surface area contributed by atoms with Crippen molar-refractivity contribution in [2.24, 2.45) is 0 Å². The van der Waals surface area contributed by atoms with Crippen LogP contribution in [0.5, 0.6) is 5.75 Å². The first-order chi connectivity index (χ1) is 8.41. The number of rotatable bonds is 3. The Hall–Kier alpha value is -1.32. The van der Waals surface area contributed by atoms with Crippen molar-refractivity contribution < 1.29 is 4.74 Å². The molecule has 2 rings (SSSR count). The summed E-state index contributed by atoms with van der Waals surface area (Å²) in [6, 6.07) is 4.74. The van der Waals surface area contributed by atoms with Crippen molar-refractivity contribution in [3.63, 3.8) is 0 Å². The van der Waals surface area contributed by atoms with Crippen LogP contribution in [0.25, 0.3) is 11.1 Å². The summed E-state index contributed by atoms with van der Waals surface area (Å²) in [5, 5.41) is 0.789. The van der Waals surface area contributed by atoms with Crippen LogP contribution in [0.15, 0.2) is 27.8 Å². The molecule has 0 saturated heterocycles. The third-order valence-corrected chi connectivity index (χ3v) is 2.97. The van der Waals surface area contributed by atoms with E-state index in [1.807, 2.05) is 0 Å². The molecule has 0 aliphatic rings. The number of benzene rings is 1. The van der Waals surface area contributed by atoms with Crippen molar-refractivity contribution in [3.05, 3.63) is 48.7 Å². The van der Waals surface area contributed by atoms with Crippen LogP contribution >= 0.6 is 23.2 Å². The molecule has 0 unspecified atom stereocenters. The van der Waals surface area contributed by atoms with Crippen LogP contribution in [0, 0.1) is 0 Å². The van der Waals surface area contributed by atoms with Gasteiger partial charge in [-0.15, -0.1) is 0 Å². The number of hydrogen-bond acceptors (Lipinski definition) is 3. The minimum atomic E-state index is -0.607. The maximum absolute atomic E-state index is 11.6. The Bertz CT molecular complexity index is 667. The van der Waals surface area contributed by atoms with Crippen molar-refractivity contribution in [1.82, 2.24) is 0 Å². The quantitative estimate of drug-likeness (QED) is 0.814. The van der Waals surface area contributed by atoms with E-state index in [1.165, 1.54) is 6.07 Å². The molecular formula is C13H10Cl2O3. The molecule has 2 aromatic carbocycles. The van der Waals surface area contributed by atoms with Crippen LogP contribution in [-0.2, 0) is 0 Å². The van der Waals surface area contributed by atoms with E-state index < -0.39 is 10.9 Å². The molecule has 0 radical (unpaired) electrons. The van der Waals surface area contributed by atoms with E-state index in [0.717, 1.165) is 0 Å². The predicted octanol–water partition coefficient (Wildman–Crippen LogP) is 3.04. The largest absolute Gasteiger partial charge is 0.486 e. The van der Waals surface area contributed by atoms with Crippen molar-refractivity contribution in [2.45, 2.75) is 20.0 Å². The summed E-state index contributed by atoms with van der Waals surface area (Å²) in [6.07, 6.45) is -0.182. The van der Waals surface area contributed by atoms with Gasteiger partial charge in [-0.25, -0.2) is 0 Å². The normalized spacial score (nSPS) is 11.2. The molecule has 0 aliphatic heterocycles. The van der Waals surface area contributed by atoms with Crippen LogP contribution in [0.4, 0.5) is 0 Å². The molecule has 0 amide bonds. The van der Waals surface area contributed by atoms with Gasteiger partial charge >= 0.3 is 0 Å².